The van der Waals surface area contributed by atoms with Crippen LogP contribution in [0.4, 0.5) is 36.3 Å². The van der Waals surface area contributed by atoms with Crippen LogP contribution >= 0.6 is 8.38 Å². The molecule has 4 aromatic rings. The van der Waals surface area contributed by atoms with E-state index in [2.05, 4.69) is 36.0 Å². The van der Waals surface area contributed by atoms with Gasteiger partial charge in [-0.25, -0.2) is 9.97 Å². The maximum Gasteiger partial charge on any atom is 0.421 e. The van der Waals surface area contributed by atoms with Gasteiger partial charge in [-0.15, -0.1) is 0 Å². The zero-order valence-electron chi connectivity index (χ0n) is 22.4. The van der Waals surface area contributed by atoms with E-state index in [1.807, 2.05) is 0 Å². The van der Waals surface area contributed by atoms with Crippen molar-refractivity contribution < 1.29 is 32.1 Å². The first-order valence-electron chi connectivity index (χ1n) is 12.6. The highest BCUT2D eigenvalue weighted by Crippen LogP contribution is 2.39. The van der Waals surface area contributed by atoms with Gasteiger partial charge in [-0.1, -0.05) is 6.07 Å². The number of alkyl halides is 3. The number of hydrogen-bond acceptors (Lipinski definition) is 10. The van der Waals surface area contributed by atoms with Crippen molar-refractivity contribution in [1.29, 1.82) is 0 Å². The number of nitrogens with zero attached hydrogens (tertiary/aromatic N) is 5. The van der Waals surface area contributed by atoms with Gasteiger partial charge >= 0.3 is 6.18 Å². The van der Waals surface area contributed by atoms with Gasteiger partial charge in [0.1, 0.15) is 17.1 Å². The lowest BCUT2D eigenvalue weighted by atomic mass is 10.1. The molecule has 4 aliphatic heterocycles. The summed E-state index contributed by atoms with van der Waals surface area (Å²) in [5.74, 6) is -1.02. The fourth-order valence-corrected chi connectivity index (χ4v) is 5.10. The average molecular weight is 603 g/mol. The number of carbonyl (C=O) groups is 1. The Morgan fingerprint density at radius 2 is 1.98 bits per heavy atom. The molecular formula is C26H26F3N8O4P. The standard InChI is InChI=1S/C26H26F3N8O4P/c1-30-24(38)22-20-7-6-18(33-22)16-11-32-37(13-16)8-3-9-41-42(39)14-15-4-5-19(21(10-15)40-2)35-25-31-12-17(26(27,28)29)23(34-20)36-25/h4-7,10-13,39H,3,8-9,14H2,1-2H3,(H,30,38)(H2,31,34,35,36). The van der Waals surface area contributed by atoms with Gasteiger partial charge in [0.05, 0.1) is 37.0 Å². The number of amides is 1. The maximum atomic E-state index is 14.0. The predicted octanol–water partition coefficient (Wildman–Crippen LogP) is 4.83. The third-order valence-corrected chi connectivity index (χ3v) is 7.33. The van der Waals surface area contributed by atoms with Crippen LogP contribution in [0.25, 0.3) is 11.3 Å². The topological polar surface area (TPSA) is 148 Å². The molecule has 0 spiro atoms. The summed E-state index contributed by atoms with van der Waals surface area (Å²) in [6, 6.07) is 8.05. The molecule has 3 aromatic heterocycles. The number of nitrogens with one attached hydrogen (secondary N) is 3. The first-order valence-corrected chi connectivity index (χ1v) is 14.0. The summed E-state index contributed by atoms with van der Waals surface area (Å²) in [6.45, 7) is 0.802. The molecule has 1 aromatic carbocycles. The number of rotatable bonds is 2. The minimum atomic E-state index is -4.80. The molecule has 16 heteroatoms. The van der Waals surface area contributed by atoms with Crippen LogP contribution in [0.15, 0.2) is 48.9 Å². The van der Waals surface area contributed by atoms with E-state index in [0.717, 1.165) is 5.56 Å². The molecule has 4 aliphatic rings. The highest BCUT2D eigenvalue weighted by Gasteiger charge is 2.36. The second-order valence-corrected chi connectivity index (χ2v) is 10.4. The molecule has 4 N–H and O–H groups in total. The Bertz CT molecular complexity index is 1600. The first-order chi connectivity index (χ1) is 20.1. The number of pyridine rings is 1. The van der Waals surface area contributed by atoms with Crippen molar-refractivity contribution in [3.63, 3.8) is 0 Å². The first kappa shape index (κ1) is 29.2. The number of methoxy groups -OCH3 is 1. The molecular weight excluding hydrogens is 576 g/mol. The van der Waals surface area contributed by atoms with Gasteiger partial charge in [-0.05, 0) is 36.2 Å². The van der Waals surface area contributed by atoms with Crippen LogP contribution in [-0.4, -0.2) is 56.3 Å². The number of aromatic nitrogens is 5. The number of carbonyl (C=O) groups excluding carboxylic acids is 1. The van der Waals surface area contributed by atoms with Gasteiger partial charge in [-0.3, -0.25) is 9.48 Å². The molecule has 220 valence electrons. The van der Waals surface area contributed by atoms with Gasteiger partial charge < -0.3 is 30.1 Å². The molecule has 1 amide bonds. The number of benzene rings is 1. The Morgan fingerprint density at radius 3 is 2.74 bits per heavy atom. The molecule has 0 radical (unpaired) electrons. The predicted molar refractivity (Wildman–Crippen MR) is 149 cm³/mol. The van der Waals surface area contributed by atoms with E-state index in [1.54, 1.807) is 41.3 Å². The Labute approximate surface area is 239 Å². The molecule has 7 heterocycles. The molecule has 8 rings (SSSR count). The second-order valence-electron chi connectivity index (χ2n) is 9.10. The molecule has 1 atom stereocenters. The zero-order chi connectivity index (χ0) is 29.9. The molecule has 0 saturated carbocycles. The van der Waals surface area contributed by atoms with Gasteiger partial charge in [0.2, 0.25) is 5.95 Å². The molecule has 8 bridgehead atoms. The molecule has 0 fully saturated rings. The van der Waals surface area contributed by atoms with E-state index in [9.17, 15) is 22.9 Å². The van der Waals surface area contributed by atoms with Crippen LogP contribution in [0.1, 0.15) is 28.0 Å². The largest absolute Gasteiger partial charge is 0.495 e. The molecule has 0 aliphatic carbocycles. The third kappa shape index (κ3) is 6.59. The molecule has 1 unspecified atom stereocenters. The van der Waals surface area contributed by atoms with E-state index < -0.39 is 31.8 Å². The number of aryl methyl sites for hydroxylation is 1. The van der Waals surface area contributed by atoms with Crippen LogP contribution < -0.4 is 20.7 Å². The second kappa shape index (κ2) is 12.3. The number of halogens is 3. The van der Waals surface area contributed by atoms with Crippen LogP contribution in [0.3, 0.4) is 0 Å². The van der Waals surface area contributed by atoms with Crippen molar-refractivity contribution in [3.05, 3.63) is 65.7 Å². The lowest BCUT2D eigenvalue weighted by molar-refractivity contribution is -0.137. The highest BCUT2D eigenvalue weighted by atomic mass is 31.2. The smallest absolute Gasteiger partial charge is 0.421 e. The minimum Gasteiger partial charge on any atom is -0.495 e. The highest BCUT2D eigenvalue weighted by molar-refractivity contribution is 7.45. The Morgan fingerprint density at radius 1 is 1.17 bits per heavy atom. The van der Waals surface area contributed by atoms with Crippen molar-refractivity contribution in [2.75, 3.05) is 31.4 Å². The quantitative estimate of drug-likeness (QED) is 0.235. The normalized spacial score (nSPS) is 15.6. The summed E-state index contributed by atoms with van der Waals surface area (Å²) in [4.78, 5) is 35.5. The summed E-state index contributed by atoms with van der Waals surface area (Å²) < 4.78 is 54.6. The average Bonchev–Trinajstić information content (AvgIpc) is 3.44. The monoisotopic (exact) mass is 602 g/mol. The molecule has 12 nitrogen and oxygen atoms in total. The minimum absolute atomic E-state index is 0.00219. The SMILES string of the molecule is CNC(=O)c1nc2ccc1Nc1nc(ncc1C(F)(F)F)Nc1ccc(cc1OC)CP(O)OCCCn1cc-2cn1. The summed E-state index contributed by atoms with van der Waals surface area (Å²) in [5.41, 5.74) is 0.814. The van der Waals surface area contributed by atoms with Gasteiger partial charge in [-0.2, -0.15) is 23.3 Å². The van der Waals surface area contributed by atoms with Crippen molar-refractivity contribution in [2.24, 2.45) is 0 Å². The summed E-state index contributed by atoms with van der Waals surface area (Å²) in [6.07, 6.45) is -0.0361. The van der Waals surface area contributed by atoms with E-state index in [0.29, 0.717) is 48.5 Å². The lowest BCUT2D eigenvalue weighted by Crippen LogP contribution is -2.21. The number of hydrogen-bond donors (Lipinski definition) is 4. The Balaban J connectivity index is 1.61. The lowest BCUT2D eigenvalue weighted by Gasteiger charge is -2.17. The van der Waals surface area contributed by atoms with E-state index in [4.69, 9.17) is 9.26 Å². The van der Waals surface area contributed by atoms with Gasteiger partial charge in [0, 0.05) is 37.7 Å². The van der Waals surface area contributed by atoms with Crippen molar-refractivity contribution in [3.8, 4) is 17.0 Å². The third-order valence-electron chi connectivity index (χ3n) is 6.22. The van der Waals surface area contributed by atoms with Crippen LogP contribution in [0.5, 0.6) is 5.75 Å². The van der Waals surface area contributed by atoms with Crippen LogP contribution in [0.2, 0.25) is 0 Å². The summed E-state index contributed by atoms with van der Waals surface area (Å²) >= 11 is 0. The summed E-state index contributed by atoms with van der Waals surface area (Å²) in [7, 11) is 1.06. The molecule has 42 heavy (non-hydrogen) atoms. The fraction of sp³-hybridized carbons (Fsp3) is 0.269. The fourth-order valence-electron chi connectivity index (χ4n) is 4.16. The van der Waals surface area contributed by atoms with E-state index in [-0.39, 0.29) is 23.5 Å². The Hall–Kier alpha value is -4.33. The summed E-state index contributed by atoms with van der Waals surface area (Å²) in [5, 5.41) is 12.3. The number of ether oxygens (including phenoxy) is 1. The van der Waals surface area contributed by atoms with E-state index >= 15 is 0 Å². The maximum absolute atomic E-state index is 14.0. The van der Waals surface area contributed by atoms with Gasteiger partial charge in [0.15, 0.2) is 14.1 Å². The van der Waals surface area contributed by atoms with Crippen LogP contribution in [0, 0.1) is 0 Å². The van der Waals surface area contributed by atoms with Crippen molar-refractivity contribution >= 4 is 37.4 Å². The van der Waals surface area contributed by atoms with Crippen molar-refractivity contribution in [1.82, 2.24) is 30.0 Å². The van der Waals surface area contributed by atoms with Gasteiger partial charge in [0.25, 0.3) is 5.91 Å². The zero-order valence-corrected chi connectivity index (χ0v) is 23.3. The van der Waals surface area contributed by atoms with Crippen molar-refractivity contribution in [2.45, 2.75) is 25.3 Å². The number of anilines is 4. The van der Waals surface area contributed by atoms with E-state index in [1.165, 1.54) is 20.2 Å². The van der Waals surface area contributed by atoms with Crippen LogP contribution in [-0.2, 0) is 23.4 Å². The Kier molecular flexibility index (Phi) is 8.52. The molecule has 0 saturated heterocycles.